The summed E-state index contributed by atoms with van der Waals surface area (Å²) in [5, 5.41) is 5.33. The second-order valence-electron chi connectivity index (χ2n) is 4.25. The van der Waals surface area contributed by atoms with Gasteiger partial charge in [0.05, 0.1) is 10.6 Å². The summed E-state index contributed by atoms with van der Waals surface area (Å²) in [5.41, 5.74) is 1.14. The molecule has 2 aromatic rings. The van der Waals surface area contributed by atoms with E-state index in [1.807, 2.05) is 0 Å². The quantitative estimate of drug-likeness (QED) is 0.872. The molecule has 0 amide bonds. The van der Waals surface area contributed by atoms with E-state index in [1.54, 1.807) is 22.7 Å². The summed E-state index contributed by atoms with van der Waals surface area (Å²) in [6.45, 7) is 2.75. The van der Waals surface area contributed by atoms with Gasteiger partial charge in [-0.25, -0.2) is 4.98 Å². The van der Waals surface area contributed by atoms with Gasteiger partial charge in [-0.15, -0.1) is 22.7 Å². The van der Waals surface area contributed by atoms with Crippen LogP contribution in [-0.4, -0.2) is 38.7 Å². The highest BCUT2D eigenvalue weighted by Gasteiger charge is 2.16. The first-order valence-corrected chi connectivity index (χ1v) is 9.11. The predicted octanol–water partition coefficient (Wildman–Crippen LogP) is 2.44. The fourth-order valence-corrected chi connectivity index (χ4v) is 4.71. The first-order chi connectivity index (χ1) is 8.81. The van der Waals surface area contributed by atoms with E-state index in [2.05, 4.69) is 32.8 Å². The lowest BCUT2D eigenvalue weighted by Gasteiger charge is -2.25. The van der Waals surface area contributed by atoms with Crippen LogP contribution < -0.4 is 0 Å². The molecule has 1 aliphatic heterocycles. The zero-order valence-electron chi connectivity index (χ0n) is 9.87. The van der Waals surface area contributed by atoms with Crippen molar-refractivity contribution in [2.45, 2.75) is 6.54 Å². The zero-order valence-corrected chi connectivity index (χ0v) is 12.3. The van der Waals surface area contributed by atoms with Gasteiger partial charge in [-0.3, -0.25) is 9.11 Å². The smallest absolute Gasteiger partial charge is 0.133 e. The van der Waals surface area contributed by atoms with Crippen molar-refractivity contribution in [3.05, 3.63) is 28.6 Å². The number of rotatable bonds is 3. The number of aromatic nitrogens is 1. The fraction of sp³-hybridized carbons (Fsp3) is 0.417. The molecule has 0 spiro atoms. The molecule has 1 saturated heterocycles. The third-order valence-corrected chi connectivity index (χ3v) is 6.15. The average Bonchev–Trinajstić information content (AvgIpc) is 3.02. The molecule has 3 nitrogen and oxygen atoms in total. The molecule has 3 rings (SSSR count). The number of thiazole rings is 1. The number of hydrogen-bond acceptors (Lipinski definition) is 5. The van der Waals surface area contributed by atoms with E-state index in [4.69, 9.17) is 0 Å². The number of hydrogen-bond donors (Lipinski definition) is 0. The molecule has 0 aromatic carbocycles. The first-order valence-electron chi connectivity index (χ1n) is 5.87. The maximum absolute atomic E-state index is 11.3. The van der Waals surface area contributed by atoms with Crippen LogP contribution >= 0.6 is 22.7 Å². The molecule has 0 aliphatic carbocycles. The summed E-state index contributed by atoms with van der Waals surface area (Å²) in [6, 6.07) is 4.17. The van der Waals surface area contributed by atoms with Crippen molar-refractivity contribution in [1.29, 1.82) is 0 Å². The van der Waals surface area contributed by atoms with Crippen molar-refractivity contribution in [1.82, 2.24) is 9.88 Å². The van der Waals surface area contributed by atoms with Crippen LogP contribution in [0.15, 0.2) is 22.9 Å². The summed E-state index contributed by atoms with van der Waals surface area (Å²) < 4.78 is 11.3. The Kier molecular flexibility index (Phi) is 3.88. The highest BCUT2D eigenvalue weighted by atomic mass is 32.2. The van der Waals surface area contributed by atoms with Gasteiger partial charge in [-0.2, -0.15) is 0 Å². The molecule has 1 aliphatic rings. The van der Waals surface area contributed by atoms with Crippen molar-refractivity contribution < 1.29 is 4.21 Å². The van der Waals surface area contributed by atoms with Gasteiger partial charge in [0.15, 0.2) is 0 Å². The van der Waals surface area contributed by atoms with Gasteiger partial charge in [-0.1, -0.05) is 6.07 Å². The van der Waals surface area contributed by atoms with Crippen LogP contribution in [0.2, 0.25) is 0 Å². The molecular formula is C12H14N2OS3. The minimum Gasteiger partial charge on any atom is -0.296 e. The molecular weight excluding hydrogens is 284 g/mol. The van der Waals surface area contributed by atoms with E-state index in [0.717, 1.165) is 41.8 Å². The van der Waals surface area contributed by atoms with Crippen LogP contribution in [0.4, 0.5) is 0 Å². The van der Waals surface area contributed by atoms with E-state index < -0.39 is 10.8 Å². The fourth-order valence-electron chi connectivity index (χ4n) is 1.96. The Morgan fingerprint density at radius 1 is 1.33 bits per heavy atom. The van der Waals surface area contributed by atoms with Crippen LogP contribution in [0.1, 0.15) is 5.69 Å². The van der Waals surface area contributed by atoms with E-state index in [9.17, 15) is 4.21 Å². The number of nitrogens with zero attached hydrogens (tertiary/aromatic N) is 2. The molecule has 3 heterocycles. The Labute approximate surface area is 117 Å². The van der Waals surface area contributed by atoms with E-state index in [-0.39, 0.29) is 0 Å². The summed E-state index contributed by atoms with van der Waals surface area (Å²) in [5.74, 6) is 1.61. The van der Waals surface area contributed by atoms with Crippen molar-refractivity contribution in [2.24, 2.45) is 0 Å². The van der Waals surface area contributed by atoms with Gasteiger partial charge >= 0.3 is 0 Å². The third kappa shape index (κ3) is 2.88. The van der Waals surface area contributed by atoms with Crippen LogP contribution in [0.5, 0.6) is 0 Å². The second-order valence-corrected chi connectivity index (χ2v) is 7.75. The molecule has 96 valence electrons. The Morgan fingerprint density at radius 2 is 2.17 bits per heavy atom. The van der Waals surface area contributed by atoms with Crippen LogP contribution in [0.3, 0.4) is 0 Å². The largest absolute Gasteiger partial charge is 0.296 e. The zero-order chi connectivity index (χ0) is 12.4. The molecule has 6 heteroatoms. The topological polar surface area (TPSA) is 33.2 Å². The number of thiophene rings is 1. The Bertz CT molecular complexity index is 525. The van der Waals surface area contributed by atoms with Crippen molar-refractivity contribution in [2.75, 3.05) is 24.6 Å². The molecule has 0 bridgehead atoms. The highest BCUT2D eigenvalue weighted by molar-refractivity contribution is 7.85. The molecule has 0 radical (unpaired) electrons. The summed E-state index contributed by atoms with van der Waals surface area (Å²) in [7, 11) is -0.596. The Morgan fingerprint density at radius 3 is 2.89 bits per heavy atom. The first kappa shape index (κ1) is 12.5. The summed E-state index contributed by atoms with van der Waals surface area (Å²) in [4.78, 5) is 8.26. The second kappa shape index (κ2) is 5.61. The predicted molar refractivity (Wildman–Crippen MR) is 78.6 cm³/mol. The lowest BCUT2D eigenvalue weighted by molar-refractivity contribution is 0.288. The van der Waals surface area contributed by atoms with Crippen LogP contribution in [-0.2, 0) is 17.3 Å². The molecule has 0 unspecified atom stereocenters. The summed E-state index contributed by atoms with van der Waals surface area (Å²) >= 11 is 3.44. The Hall–Kier alpha value is -0.560. The van der Waals surface area contributed by atoms with Gasteiger partial charge < -0.3 is 0 Å². The molecule has 18 heavy (non-hydrogen) atoms. The standard InChI is InChI=1S/C12H14N2OS3/c15-18-6-3-14(4-7-18)8-10-9-17-12(13-10)11-2-1-5-16-11/h1-2,5,9H,3-4,6-8H2. The average molecular weight is 298 g/mol. The van der Waals surface area contributed by atoms with Crippen LogP contribution in [0.25, 0.3) is 9.88 Å². The van der Waals surface area contributed by atoms with Crippen molar-refractivity contribution in [3.63, 3.8) is 0 Å². The maximum atomic E-state index is 11.3. The minimum absolute atomic E-state index is 0.596. The molecule has 1 fully saturated rings. The van der Waals surface area contributed by atoms with Crippen molar-refractivity contribution in [3.8, 4) is 9.88 Å². The van der Waals surface area contributed by atoms with Gasteiger partial charge in [0.2, 0.25) is 0 Å². The summed E-state index contributed by atoms with van der Waals surface area (Å²) in [6.07, 6.45) is 0. The normalized spacial score (nSPS) is 18.2. The van der Waals surface area contributed by atoms with Gasteiger partial charge in [0.25, 0.3) is 0 Å². The maximum Gasteiger partial charge on any atom is 0.133 e. The van der Waals surface area contributed by atoms with Crippen molar-refractivity contribution >= 4 is 33.5 Å². The molecule has 0 N–H and O–H groups in total. The lowest BCUT2D eigenvalue weighted by atomic mass is 10.4. The van der Waals surface area contributed by atoms with E-state index in [0.29, 0.717) is 0 Å². The third-order valence-electron chi connectivity index (χ3n) is 2.94. The minimum atomic E-state index is -0.596. The SMILES string of the molecule is O=S1CCN(Cc2csc(-c3cccs3)n2)CC1. The Balaban J connectivity index is 1.65. The molecule has 0 saturated carbocycles. The molecule has 2 aromatic heterocycles. The van der Waals surface area contributed by atoms with E-state index in [1.165, 1.54) is 4.88 Å². The monoisotopic (exact) mass is 298 g/mol. The van der Waals surface area contributed by atoms with Gasteiger partial charge in [0.1, 0.15) is 5.01 Å². The van der Waals surface area contributed by atoms with Gasteiger partial charge in [0, 0.05) is 47.3 Å². The van der Waals surface area contributed by atoms with E-state index >= 15 is 0 Å². The highest BCUT2D eigenvalue weighted by Crippen LogP contribution is 2.28. The lowest BCUT2D eigenvalue weighted by Crippen LogP contribution is -2.37. The van der Waals surface area contributed by atoms with Gasteiger partial charge in [-0.05, 0) is 11.4 Å². The van der Waals surface area contributed by atoms with Crippen LogP contribution in [0, 0.1) is 0 Å². The molecule has 0 atom stereocenters.